The molecule has 8 nitrogen and oxygen atoms in total. The summed E-state index contributed by atoms with van der Waals surface area (Å²) in [6.07, 6.45) is 1.43. The van der Waals surface area contributed by atoms with Gasteiger partial charge in [0.25, 0.3) is 11.8 Å². The molecule has 4 amide bonds. The Morgan fingerprint density at radius 3 is 2.36 bits per heavy atom. The largest absolute Gasteiger partial charge is 0.492 e. The fourth-order valence-electron chi connectivity index (χ4n) is 3.62. The second-order valence-corrected chi connectivity index (χ2v) is 8.86. The van der Waals surface area contributed by atoms with Crippen LogP contribution in [0.1, 0.15) is 18.1 Å². The van der Waals surface area contributed by atoms with Crippen LogP contribution < -0.4 is 24.4 Å². The molecule has 1 aliphatic heterocycles. The molecule has 184 valence electrons. The van der Waals surface area contributed by atoms with E-state index in [0.29, 0.717) is 41.7 Å². The van der Waals surface area contributed by atoms with Crippen LogP contribution in [0.5, 0.6) is 17.2 Å². The molecule has 4 rings (SSSR count). The number of carbonyl (C=O) groups excluding carboxylic acids is 3. The van der Waals surface area contributed by atoms with Crippen LogP contribution in [0.3, 0.4) is 0 Å². The smallest absolute Gasteiger partial charge is 0.335 e. The van der Waals surface area contributed by atoms with Gasteiger partial charge in [0.05, 0.1) is 23.0 Å². The zero-order chi connectivity index (χ0) is 25.7. The maximum Gasteiger partial charge on any atom is 0.335 e. The van der Waals surface area contributed by atoms with Crippen molar-refractivity contribution in [3.63, 3.8) is 0 Å². The number of nitrogens with zero attached hydrogens (tertiary/aromatic N) is 1. The van der Waals surface area contributed by atoms with Crippen LogP contribution in [0.25, 0.3) is 6.08 Å². The molecular weight excluding hydrogens is 575 g/mol. The fraction of sp³-hybridized carbons (Fsp3) is 0.148. The van der Waals surface area contributed by atoms with Crippen molar-refractivity contribution in [3.8, 4) is 17.2 Å². The first-order valence-corrected chi connectivity index (χ1v) is 12.2. The number of hydrogen-bond acceptors (Lipinski definition) is 6. The van der Waals surface area contributed by atoms with Crippen LogP contribution in [0.2, 0.25) is 0 Å². The lowest BCUT2D eigenvalue weighted by atomic mass is 10.1. The minimum absolute atomic E-state index is 0.178. The number of imide groups is 2. The highest BCUT2D eigenvalue weighted by Gasteiger charge is 2.37. The predicted octanol–water partition coefficient (Wildman–Crippen LogP) is 4.94. The number of hydrogen-bond donors (Lipinski definition) is 1. The highest BCUT2D eigenvalue weighted by atomic mass is 127. The minimum Gasteiger partial charge on any atom is -0.492 e. The van der Waals surface area contributed by atoms with Crippen LogP contribution in [-0.4, -0.2) is 31.6 Å². The molecule has 36 heavy (non-hydrogen) atoms. The minimum atomic E-state index is -0.820. The number of ether oxygens (including phenoxy) is 3. The molecule has 0 aromatic heterocycles. The number of rotatable bonds is 8. The molecule has 3 aromatic rings. The lowest BCUT2D eigenvalue weighted by Crippen LogP contribution is -2.54. The zero-order valence-corrected chi connectivity index (χ0v) is 21.8. The first kappa shape index (κ1) is 25.2. The maximum absolute atomic E-state index is 13.3. The summed E-state index contributed by atoms with van der Waals surface area (Å²) >= 11 is 2.09. The molecule has 0 spiro atoms. The highest BCUT2D eigenvalue weighted by Crippen LogP contribution is 2.35. The first-order chi connectivity index (χ1) is 17.4. The van der Waals surface area contributed by atoms with Crippen molar-refractivity contribution in [1.29, 1.82) is 0 Å². The third kappa shape index (κ3) is 5.51. The van der Waals surface area contributed by atoms with Crippen LogP contribution in [-0.2, 0) is 16.2 Å². The van der Waals surface area contributed by atoms with Crippen molar-refractivity contribution in [2.24, 2.45) is 0 Å². The normalized spacial score (nSPS) is 14.6. The number of urea groups is 1. The molecule has 1 aliphatic rings. The topological polar surface area (TPSA) is 94.2 Å². The molecule has 0 unspecified atom stereocenters. The van der Waals surface area contributed by atoms with Gasteiger partial charge in [0, 0.05) is 0 Å². The molecule has 0 bridgehead atoms. The van der Waals surface area contributed by atoms with Crippen LogP contribution in [0, 0.1) is 3.57 Å². The number of barbiturate groups is 1. The summed E-state index contributed by atoms with van der Waals surface area (Å²) in [4.78, 5) is 39.3. The number of halogens is 1. The second-order valence-electron chi connectivity index (χ2n) is 7.69. The van der Waals surface area contributed by atoms with E-state index in [0.717, 1.165) is 14.0 Å². The Hall–Kier alpha value is -3.86. The molecule has 1 heterocycles. The van der Waals surface area contributed by atoms with E-state index in [9.17, 15) is 14.4 Å². The summed E-state index contributed by atoms with van der Waals surface area (Å²) in [6, 6.07) is 18.8. The van der Waals surface area contributed by atoms with Crippen LogP contribution in [0.4, 0.5) is 10.5 Å². The summed E-state index contributed by atoms with van der Waals surface area (Å²) < 4.78 is 17.6. The highest BCUT2D eigenvalue weighted by molar-refractivity contribution is 14.1. The lowest BCUT2D eigenvalue weighted by Gasteiger charge is -2.26. The number of carbonyl (C=O) groups is 3. The molecule has 0 radical (unpaired) electrons. The van der Waals surface area contributed by atoms with Gasteiger partial charge in [0.2, 0.25) is 0 Å². The van der Waals surface area contributed by atoms with Gasteiger partial charge >= 0.3 is 6.03 Å². The second kappa shape index (κ2) is 11.3. The molecule has 0 atom stereocenters. The van der Waals surface area contributed by atoms with Gasteiger partial charge in [-0.15, -0.1) is 0 Å². The van der Waals surface area contributed by atoms with Gasteiger partial charge in [-0.1, -0.05) is 30.3 Å². The average Bonchev–Trinajstić information content (AvgIpc) is 2.87. The molecule has 1 saturated heterocycles. The number of amides is 4. The zero-order valence-electron chi connectivity index (χ0n) is 19.6. The first-order valence-electron chi connectivity index (χ1n) is 11.1. The van der Waals surface area contributed by atoms with Crippen molar-refractivity contribution in [2.75, 3.05) is 18.6 Å². The Bertz CT molecular complexity index is 1320. The van der Waals surface area contributed by atoms with E-state index >= 15 is 0 Å². The summed E-state index contributed by atoms with van der Waals surface area (Å²) in [5.41, 5.74) is 1.70. The van der Waals surface area contributed by atoms with Crippen molar-refractivity contribution >= 4 is 52.2 Å². The Balaban J connectivity index is 1.58. The Morgan fingerprint density at radius 2 is 1.69 bits per heavy atom. The van der Waals surface area contributed by atoms with E-state index in [4.69, 9.17) is 14.2 Å². The lowest BCUT2D eigenvalue weighted by molar-refractivity contribution is -0.122. The average molecular weight is 598 g/mol. The third-order valence-corrected chi connectivity index (χ3v) is 6.09. The quantitative estimate of drug-likeness (QED) is 0.224. The van der Waals surface area contributed by atoms with E-state index in [1.807, 2.05) is 37.3 Å². The SMILES string of the molecule is CCOc1cc(/C=C2\C(=O)NC(=O)N(c3ccc(OCc4ccccc4)cc3)C2=O)cc(I)c1OC. The van der Waals surface area contributed by atoms with Crippen LogP contribution in [0.15, 0.2) is 72.3 Å². The predicted molar refractivity (Wildman–Crippen MR) is 143 cm³/mol. The molecule has 0 aliphatic carbocycles. The van der Waals surface area contributed by atoms with E-state index in [1.165, 1.54) is 13.2 Å². The molecule has 1 N–H and O–H groups in total. The Kier molecular flexibility index (Phi) is 7.89. The number of benzene rings is 3. The Labute approximate surface area is 222 Å². The molecular formula is C27H23IN2O6. The van der Waals surface area contributed by atoms with E-state index in [2.05, 4.69) is 27.9 Å². The molecule has 0 saturated carbocycles. The van der Waals surface area contributed by atoms with Gasteiger partial charge in [-0.3, -0.25) is 14.9 Å². The maximum atomic E-state index is 13.3. The van der Waals surface area contributed by atoms with Gasteiger partial charge in [-0.05, 0) is 83.1 Å². The fourth-order valence-corrected chi connectivity index (χ4v) is 4.47. The summed E-state index contributed by atoms with van der Waals surface area (Å²) in [7, 11) is 1.54. The summed E-state index contributed by atoms with van der Waals surface area (Å²) in [6.45, 7) is 2.64. The van der Waals surface area contributed by atoms with Gasteiger partial charge in [0.15, 0.2) is 11.5 Å². The third-order valence-electron chi connectivity index (χ3n) is 5.29. The summed E-state index contributed by atoms with van der Waals surface area (Å²) in [5, 5.41) is 2.24. The van der Waals surface area contributed by atoms with Crippen molar-refractivity contribution < 1.29 is 28.6 Å². The monoisotopic (exact) mass is 598 g/mol. The molecule has 9 heteroatoms. The molecule has 3 aromatic carbocycles. The van der Waals surface area contributed by atoms with Crippen LogP contribution >= 0.6 is 22.6 Å². The molecule has 1 fully saturated rings. The number of methoxy groups -OCH3 is 1. The Morgan fingerprint density at radius 1 is 0.972 bits per heavy atom. The van der Waals surface area contributed by atoms with Crippen molar-refractivity contribution in [3.05, 3.63) is 87.0 Å². The van der Waals surface area contributed by atoms with E-state index in [-0.39, 0.29) is 5.57 Å². The van der Waals surface area contributed by atoms with Crippen molar-refractivity contribution in [2.45, 2.75) is 13.5 Å². The van der Waals surface area contributed by atoms with E-state index in [1.54, 1.807) is 36.4 Å². The standard InChI is InChI=1S/C27H23IN2O6/c1-3-35-23-15-18(14-22(28)24(23)34-2)13-21-25(31)29-27(33)30(26(21)32)19-9-11-20(12-10-19)36-16-17-7-5-4-6-8-17/h4-15H,3,16H2,1-2H3,(H,29,31,33)/b21-13+. The van der Waals surface area contributed by atoms with Gasteiger partial charge in [0.1, 0.15) is 17.9 Å². The van der Waals surface area contributed by atoms with Gasteiger partial charge in [-0.25, -0.2) is 9.69 Å². The van der Waals surface area contributed by atoms with Gasteiger partial charge < -0.3 is 14.2 Å². The van der Waals surface area contributed by atoms with Crippen molar-refractivity contribution in [1.82, 2.24) is 5.32 Å². The number of nitrogens with one attached hydrogen (secondary N) is 1. The van der Waals surface area contributed by atoms with E-state index < -0.39 is 17.8 Å². The number of anilines is 1. The summed E-state index contributed by atoms with van der Waals surface area (Å²) in [5.74, 6) is 0.126. The van der Waals surface area contributed by atoms with Gasteiger partial charge in [-0.2, -0.15) is 0 Å².